The summed E-state index contributed by atoms with van der Waals surface area (Å²) < 4.78 is 0. The number of carbonyl (C=O) groups is 1. The van der Waals surface area contributed by atoms with Gasteiger partial charge in [0.1, 0.15) is 0 Å². The van der Waals surface area contributed by atoms with Crippen LogP contribution >= 0.6 is 15.9 Å². The van der Waals surface area contributed by atoms with E-state index in [0.29, 0.717) is 0 Å². The Morgan fingerprint density at radius 3 is 3.00 bits per heavy atom. The molecule has 1 aliphatic rings. The minimum absolute atomic E-state index is 0.0497. The van der Waals surface area contributed by atoms with Crippen LogP contribution in [0.4, 0.5) is 5.69 Å². The van der Waals surface area contributed by atoms with Gasteiger partial charge in [-0.2, -0.15) is 0 Å². The zero-order valence-corrected chi connectivity index (χ0v) is 7.97. The van der Waals surface area contributed by atoms with Crippen LogP contribution in [0.25, 0.3) is 0 Å². The predicted molar refractivity (Wildman–Crippen MR) is 51.5 cm³/mol. The summed E-state index contributed by atoms with van der Waals surface area (Å²) in [5, 5.41) is 2.82. The number of nitrogens with one attached hydrogen (secondary N) is 1. The second-order valence-electron chi connectivity index (χ2n) is 2.82. The molecule has 0 saturated carbocycles. The number of fused-ring (bicyclic) bond motifs is 1. The molecule has 0 spiro atoms. The quantitative estimate of drug-likeness (QED) is 0.673. The topological polar surface area (TPSA) is 29.1 Å². The van der Waals surface area contributed by atoms with Crippen LogP contribution in [0, 0.1) is 0 Å². The van der Waals surface area contributed by atoms with Crippen LogP contribution in [0.15, 0.2) is 24.3 Å². The van der Waals surface area contributed by atoms with Gasteiger partial charge in [0.2, 0.25) is 5.91 Å². The number of anilines is 1. The predicted octanol–water partition coefficient (Wildman–Crippen LogP) is 1.94. The lowest BCUT2D eigenvalue weighted by Crippen LogP contribution is -2.29. The van der Waals surface area contributed by atoms with Crippen LogP contribution < -0.4 is 5.32 Å². The number of hydrogen-bond acceptors (Lipinski definition) is 1. The minimum Gasteiger partial charge on any atom is -0.325 e. The maximum atomic E-state index is 11.2. The fraction of sp³-hybridized carbons (Fsp3) is 0.222. The van der Waals surface area contributed by atoms with E-state index in [1.807, 2.05) is 24.3 Å². The first-order valence-corrected chi connectivity index (χ1v) is 4.72. The van der Waals surface area contributed by atoms with Gasteiger partial charge in [0, 0.05) is 5.69 Å². The van der Waals surface area contributed by atoms with Crippen LogP contribution in [0.3, 0.4) is 0 Å². The maximum Gasteiger partial charge on any atom is 0.238 e. The summed E-state index contributed by atoms with van der Waals surface area (Å²) in [6.07, 6.45) is 0.780. The first-order valence-electron chi connectivity index (χ1n) is 3.80. The van der Waals surface area contributed by atoms with Gasteiger partial charge in [-0.1, -0.05) is 34.1 Å². The van der Waals surface area contributed by atoms with Crippen molar-refractivity contribution < 1.29 is 4.79 Å². The van der Waals surface area contributed by atoms with E-state index < -0.39 is 0 Å². The van der Waals surface area contributed by atoms with Gasteiger partial charge in [-0.3, -0.25) is 4.79 Å². The van der Waals surface area contributed by atoms with Crippen LogP contribution in [0.2, 0.25) is 0 Å². The van der Waals surface area contributed by atoms with E-state index in [0.717, 1.165) is 12.1 Å². The Balaban J connectivity index is 2.40. The van der Waals surface area contributed by atoms with Gasteiger partial charge in [0.15, 0.2) is 0 Å². The van der Waals surface area contributed by atoms with E-state index in [2.05, 4.69) is 21.2 Å². The Hall–Kier alpha value is -0.830. The zero-order chi connectivity index (χ0) is 8.55. The molecule has 0 saturated heterocycles. The summed E-state index contributed by atoms with van der Waals surface area (Å²) in [7, 11) is 0. The molecule has 1 amide bonds. The van der Waals surface area contributed by atoms with Crippen molar-refractivity contribution >= 4 is 27.5 Å². The average molecular weight is 226 g/mol. The van der Waals surface area contributed by atoms with Gasteiger partial charge in [-0.15, -0.1) is 0 Å². The lowest BCUT2D eigenvalue weighted by Gasteiger charge is -2.20. The van der Waals surface area contributed by atoms with Crippen molar-refractivity contribution in [3.63, 3.8) is 0 Å². The molecule has 62 valence electrons. The van der Waals surface area contributed by atoms with E-state index in [9.17, 15) is 4.79 Å². The average Bonchev–Trinajstić information content (AvgIpc) is 2.07. The van der Waals surface area contributed by atoms with Gasteiger partial charge in [0.05, 0.1) is 4.83 Å². The molecule has 2 nitrogen and oxygen atoms in total. The highest BCUT2D eigenvalue weighted by molar-refractivity contribution is 9.10. The maximum absolute atomic E-state index is 11.2. The molecule has 0 fully saturated rings. The van der Waals surface area contributed by atoms with Crippen molar-refractivity contribution in [2.24, 2.45) is 0 Å². The molecule has 1 aromatic rings. The van der Waals surface area contributed by atoms with Crippen molar-refractivity contribution in [3.05, 3.63) is 29.8 Å². The van der Waals surface area contributed by atoms with Gasteiger partial charge in [0.25, 0.3) is 0 Å². The van der Waals surface area contributed by atoms with E-state index in [-0.39, 0.29) is 10.7 Å². The van der Waals surface area contributed by atoms with Crippen LogP contribution in [-0.2, 0) is 11.2 Å². The fourth-order valence-corrected chi connectivity index (χ4v) is 1.78. The Labute approximate surface area is 79.1 Å². The third-order valence-corrected chi connectivity index (χ3v) is 2.70. The minimum atomic E-state index is -0.0765. The number of rotatable bonds is 0. The van der Waals surface area contributed by atoms with Crippen molar-refractivity contribution in [1.29, 1.82) is 0 Å². The van der Waals surface area contributed by atoms with E-state index in [4.69, 9.17) is 0 Å². The molecular formula is C9H8BrNO. The standard InChI is InChI=1S/C9H8BrNO/c10-7-5-6-3-1-2-4-8(6)11-9(7)12/h1-4,7H,5H2,(H,11,12)/t7-/m1/s1. The summed E-state index contributed by atoms with van der Waals surface area (Å²) in [4.78, 5) is 11.1. The summed E-state index contributed by atoms with van der Waals surface area (Å²) in [6, 6.07) is 7.86. The molecule has 3 heteroatoms. The van der Waals surface area contributed by atoms with Crippen LogP contribution in [0.5, 0.6) is 0 Å². The molecule has 2 rings (SSSR count). The number of halogens is 1. The molecule has 0 radical (unpaired) electrons. The molecular weight excluding hydrogens is 218 g/mol. The summed E-state index contributed by atoms with van der Waals surface area (Å²) in [6.45, 7) is 0. The van der Waals surface area contributed by atoms with Crippen molar-refractivity contribution in [1.82, 2.24) is 0 Å². The molecule has 0 aliphatic carbocycles. The number of para-hydroxylation sites is 1. The third-order valence-electron chi connectivity index (χ3n) is 1.96. The van der Waals surface area contributed by atoms with Crippen molar-refractivity contribution in [3.8, 4) is 0 Å². The van der Waals surface area contributed by atoms with Crippen LogP contribution in [-0.4, -0.2) is 10.7 Å². The largest absolute Gasteiger partial charge is 0.325 e. The molecule has 1 aromatic carbocycles. The fourth-order valence-electron chi connectivity index (χ4n) is 1.32. The monoisotopic (exact) mass is 225 g/mol. The normalized spacial score (nSPS) is 21.4. The second kappa shape index (κ2) is 2.90. The van der Waals surface area contributed by atoms with E-state index >= 15 is 0 Å². The highest BCUT2D eigenvalue weighted by Crippen LogP contribution is 2.24. The molecule has 0 aromatic heterocycles. The molecule has 1 aliphatic heterocycles. The van der Waals surface area contributed by atoms with Gasteiger partial charge < -0.3 is 5.32 Å². The van der Waals surface area contributed by atoms with Crippen molar-refractivity contribution in [2.45, 2.75) is 11.2 Å². The Morgan fingerprint density at radius 2 is 2.17 bits per heavy atom. The van der Waals surface area contributed by atoms with Gasteiger partial charge >= 0.3 is 0 Å². The number of alkyl halides is 1. The van der Waals surface area contributed by atoms with Crippen molar-refractivity contribution in [2.75, 3.05) is 5.32 Å². The zero-order valence-electron chi connectivity index (χ0n) is 6.38. The lowest BCUT2D eigenvalue weighted by molar-refractivity contribution is -0.115. The number of carbonyl (C=O) groups excluding carboxylic acids is 1. The van der Waals surface area contributed by atoms with Gasteiger partial charge in [-0.05, 0) is 18.1 Å². The molecule has 12 heavy (non-hydrogen) atoms. The Morgan fingerprint density at radius 1 is 1.42 bits per heavy atom. The second-order valence-corrected chi connectivity index (χ2v) is 3.92. The summed E-state index contributed by atoms with van der Waals surface area (Å²) in [5.41, 5.74) is 2.14. The van der Waals surface area contributed by atoms with E-state index in [1.165, 1.54) is 5.56 Å². The number of benzene rings is 1. The Kier molecular flexibility index (Phi) is 1.89. The first kappa shape index (κ1) is 7.80. The number of hydrogen-bond donors (Lipinski definition) is 1. The highest BCUT2D eigenvalue weighted by atomic mass is 79.9. The molecule has 1 atom stereocenters. The summed E-state index contributed by atoms with van der Waals surface area (Å²) >= 11 is 3.31. The Bertz CT molecular complexity index is 324. The number of amides is 1. The molecule has 0 unspecified atom stereocenters. The third kappa shape index (κ3) is 1.25. The molecule has 0 bridgehead atoms. The molecule has 1 heterocycles. The van der Waals surface area contributed by atoms with Crippen LogP contribution in [0.1, 0.15) is 5.56 Å². The highest BCUT2D eigenvalue weighted by Gasteiger charge is 2.22. The lowest BCUT2D eigenvalue weighted by atomic mass is 10.0. The first-order chi connectivity index (χ1) is 5.77. The SMILES string of the molecule is O=C1Nc2ccccc2C[C@H]1Br. The van der Waals surface area contributed by atoms with E-state index in [1.54, 1.807) is 0 Å². The smallest absolute Gasteiger partial charge is 0.238 e. The molecule has 1 N–H and O–H groups in total. The van der Waals surface area contributed by atoms with Gasteiger partial charge in [-0.25, -0.2) is 0 Å². The summed E-state index contributed by atoms with van der Waals surface area (Å²) in [5.74, 6) is 0.0497.